The number of nitrogens with zero attached hydrogens (tertiary/aromatic N) is 3. The number of pyridine rings is 1. The molecule has 4 heteroatoms. The Hall–Kier alpha value is -1.84. The summed E-state index contributed by atoms with van der Waals surface area (Å²) < 4.78 is 2.18. The van der Waals surface area contributed by atoms with Crippen LogP contribution in [0.1, 0.15) is 39.2 Å². The molecule has 2 N–H and O–H groups in total. The molecule has 0 fully saturated rings. The predicted octanol–water partition coefficient (Wildman–Crippen LogP) is 3.28. The lowest BCUT2D eigenvalue weighted by Gasteiger charge is -2.16. The van der Waals surface area contributed by atoms with Gasteiger partial charge in [-0.15, -0.1) is 0 Å². The molecule has 0 aliphatic heterocycles. The van der Waals surface area contributed by atoms with Crippen molar-refractivity contribution in [1.29, 1.82) is 0 Å². The van der Waals surface area contributed by atoms with Gasteiger partial charge in [0.25, 0.3) is 0 Å². The summed E-state index contributed by atoms with van der Waals surface area (Å²) in [6.45, 7) is 4.42. The lowest BCUT2D eigenvalue weighted by molar-refractivity contribution is 0.489. The topological polar surface area (TPSA) is 56.7 Å². The molecule has 18 heavy (non-hydrogen) atoms. The normalized spacial score (nSPS) is 12.6. The van der Waals surface area contributed by atoms with Crippen LogP contribution in [-0.4, -0.2) is 14.5 Å². The Morgan fingerprint density at radius 1 is 1.44 bits per heavy atom. The van der Waals surface area contributed by atoms with Gasteiger partial charge in [-0.05, 0) is 25.5 Å². The zero-order valence-electron chi connectivity index (χ0n) is 11.0. The number of hydrogen-bond acceptors (Lipinski definition) is 3. The Kier molecular flexibility index (Phi) is 3.97. The van der Waals surface area contributed by atoms with Crippen LogP contribution < -0.4 is 5.73 Å². The zero-order valence-corrected chi connectivity index (χ0v) is 11.0. The fraction of sp³-hybridized carbons (Fsp3) is 0.429. The first-order chi connectivity index (χ1) is 8.74. The molecule has 0 aliphatic carbocycles. The number of nitrogens with two attached hydrogens (primary N) is 1. The van der Waals surface area contributed by atoms with Crippen molar-refractivity contribution in [1.82, 2.24) is 14.5 Å². The monoisotopic (exact) mass is 244 g/mol. The number of aromatic nitrogens is 3. The first kappa shape index (κ1) is 12.6. The van der Waals surface area contributed by atoms with E-state index in [1.165, 1.54) is 12.8 Å². The van der Waals surface area contributed by atoms with E-state index in [0.717, 1.165) is 17.7 Å². The van der Waals surface area contributed by atoms with Gasteiger partial charge < -0.3 is 10.3 Å². The average molecular weight is 244 g/mol. The summed E-state index contributed by atoms with van der Waals surface area (Å²) in [7, 11) is 0. The molecule has 0 aliphatic rings. The van der Waals surface area contributed by atoms with Crippen molar-refractivity contribution in [2.24, 2.45) is 0 Å². The minimum Gasteiger partial charge on any atom is -0.383 e. The summed E-state index contributed by atoms with van der Waals surface area (Å²) in [4.78, 5) is 8.38. The molecule has 0 amide bonds. The lowest BCUT2D eigenvalue weighted by Crippen LogP contribution is -2.06. The van der Waals surface area contributed by atoms with Crippen LogP contribution in [-0.2, 0) is 0 Å². The maximum absolute atomic E-state index is 5.93. The van der Waals surface area contributed by atoms with E-state index in [-0.39, 0.29) is 0 Å². The maximum Gasteiger partial charge on any atom is 0.132 e. The molecule has 0 radical (unpaired) electrons. The summed E-state index contributed by atoms with van der Waals surface area (Å²) in [5.74, 6) is 0.557. The highest BCUT2D eigenvalue weighted by Gasteiger charge is 2.12. The number of anilines is 1. The third-order valence-corrected chi connectivity index (χ3v) is 3.23. The molecule has 1 atom stereocenters. The Balaban J connectivity index is 2.30. The lowest BCUT2D eigenvalue weighted by atomic mass is 10.1. The third-order valence-electron chi connectivity index (χ3n) is 3.23. The average Bonchev–Trinajstić information content (AvgIpc) is 2.85. The highest BCUT2D eigenvalue weighted by atomic mass is 15.1. The van der Waals surface area contributed by atoms with Crippen molar-refractivity contribution in [3.63, 3.8) is 0 Å². The number of unbranched alkanes of at least 4 members (excludes halogenated alkanes) is 1. The molecule has 2 aromatic heterocycles. The van der Waals surface area contributed by atoms with E-state index in [4.69, 9.17) is 5.73 Å². The highest BCUT2D eigenvalue weighted by Crippen LogP contribution is 2.27. The summed E-state index contributed by atoms with van der Waals surface area (Å²) in [5.41, 5.74) is 7.93. The van der Waals surface area contributed by atoms with Crippen molar-refractivity contribution < 1.29 is 0 Å². The molecular formula is C14H20N4. The van der Waals surface area contributed by atoms with Crippen molar-refractivity contribution in [3.8, 4) is 11.3 Å². The number of nitrogen functional groups attached to an aromatic ring is 1. The molecule has 4 nitrogen and oxygen atoms in total. The molecule has 2 heterocycles. The van der Waals surface area contributed by atoms with Gasteiger partial charge in [-0.3, -0.25) is 0 Å². The molecule has 1 unspecified atom stereocenters. The molecule has 0 saturated heterocycles. The van der Waals surface area contributed by atoms with Gasteiger partial charge in [-0.1, -0.05) is 19.8 Å². The van der Waals surface area contributed by atoms with Gasteiger partial charge in [0.15, 0.2) is 0 Å². The van der Waals surface area contributed by atoms with E-state index in [2.05, 4.69) is 28.4 Å². The minimum absolute atomic E-state index is 0.432. The largest absolute Gasteiger partial charge is 0.383 e. The van der Waals surface area contributed by atoms with Crippen molar-refractivity contribution in [2.45, 2.75) is 39.2 Å². The first-order valence-electron chi connectivity index (χ1n) is 6.46. The number of imidazole rings is 1. The third kappa shape index (κ3) is 2.53. The van der Waals surface area contributed by atoms with Crippen LogP contribution in [0.3, 0.4) is 0 Å². The quantitative estimate of drug-likeness (QED) is 0.878. The van der Waals surface area contributed by atoms with Crippen LogP contribution in [0.5, 0.6) is 0 Å². The molecule has 0 spiro atoms. The summed E-state index contributed by atoms with van der Waals surface area (Å²) in [6, 6.07) is 4.32. The summed E-state index contributed by atoms with van der Waals surface area (Å²) in [6.07, 6.45) is 9.03. The van der Waals surface area contributed by atoms with Crippen molar-refractivity contribution in [3.05, 3.63) is 30.9 Å². The molecule has 0 aromatic carbocycles. The number of hydrogen-bond donors (Lipinski definition) is 1. The van der Waals surface area contributed by atoms with Gasteiger partial charge in [0.1, 0.15) is 5.82 Å². The van der Waals surface area contributed by atoms with Crippen LogP contribution in [0, 0.1) is 0 Å². The van der Waals surface area contributed by atoms with Crippen LogP contribution in [0.15, 0.2) is 30.9 Å². The van der Waals surface area contributed by atoms with Gasteiger partial charge >= 0.3 is 0 Å². The second-order valence-corrected chi connectivity index (χ2v) is 4.61. The molecular weight excluding hydrogens is 224 g/mol. The van der Waals surface area contributed by atoms with Gasteiger partial charge in [0, 0.05) is 17.8 Å². The van der Waals surface area contributed by atoms with Gasteiger partial charge in [-0.25, -0.2) is 9.97 Å². The van der Waals surface area contributed by atoms with Crippen LogP contribution >= 0.6 is 0 Å². The van der Waals surface area contributed by atoms with E-state index < -0.39 is 0 Å². The van der Waals surface area contributed by atoms with E-state index in [9.17, 15) is 0 Å². The smallest absolute Gasteiger partial charge is 0.132 e. The van der Waals surface area contributed by atoms with E-state index in [1.54, 1.807) is 6.20 Å². The highest BCUT2D eigenvalue weighted by molar-refractivity contribution is 5.70. The van der Waals surface area contributed by atoms with Crippen LogP contribution in [0.2, 0.25) is 0 Å². The van der Waals surface area contributed by atoms with Crippen molar-refractivity contribution >= 4 is 5.82 Å². The van der Waals surface area contributed by atoms with Crippen LogP contribution in [0.25, 0.3) is 11.3 Å². The second-order valence-electron chi connectivity index (χ2n) is 4.61. The van der Waals surface area contributed by atoms with Gasteiger partial charge in [-0.2, -0.15) is 0 Å². The Morgan fingerprint density at radius 3 is 3.00 bits per heavy atom. The summed E-state index contributed by atoms with van der Waals surface area (Å²) in [5, 5.41) is 0. The predicted molar refractivity (Wildman–Crippen MR) is 74.1 cm³/mol. The van der Waals surface area contributed by atoms with Gasteiger partial charge in [0.2, 0.25) is 0 Å². The fourth-order valence-electron chi connectivity index (χ4n) is 2.14. The number of rotatable bonds is 5. The SMILES string of the molecule is CCCCC(C)n1cncc1-c1cccnc1N. The Labute approximate surface area is 108 Å². The molecule has 2 aromatic rings. The molecule has 0 bridgehead atoms. The summed E-state index contributed by atoms with van der Waals surface area (Å²) >= 11 is 0. The second kappa shape index (κ2) is 5.67. The minimum atomic E-state index is 0.432. The zero-order chi connectivity index (χ0) is 13.0. The van der Waals surface area contributed by atoms with Crippen LogP contribution in [0.4, 0.5) is 5.82 Å². The maximum atomic E-state index is 5.93. The van der Waals surface area contributed by atoms with E-state index in [0.29, 0.717) is 11.9 Å². The molecule has 96 valence electrons. The first-order valence-corrected chi connectivity index (χ1v) is 6.46. The Morgan fingerprint density at radius 2 is 2.28 bits per heavy atom. The fourth-order valence-corrected chi connectivity index (χ4v) is 2.14. The standard InChI is InChI=1S/C14H20N4/c1-3-4-6-11(2)18-10-16-9-13(18)12-7-5-8-17-14(12)15/h5,7-11H,3-4,6H2,1-2H3,(H2,15,17). The van der Waals surface area contributed by atoms with Gasteiger partial charge in [0.05, 0.1) is 18.2 Å². The molecule has 0 saturated carbocycles. The van der Waals surface area contributed by atoms with Crippen molar-refractivity contribution in [2.75, 3.05) is 5.73 Å². The Bertz CT molecular complexity index is 504. The molecule has 2 rings (SSSR count). The van der Waals surface area contributed by atoms with E-state index in [1.807, 2.05) is 24.7 Å². The van der Waals surface area contributed by atoms with E-state index >= 15 is 0 Å².